The van der Waals surface area contributed by atoms with Crippen LogP contribution in [-0.2, 0) is 17.9 Å². The van der Waals surface area contributed by atoms with Crippen LogP contribution < -0.4 is 14.8 Å². The molecule has 162 valence electrons. The smallest absolute Gasteiger partial charge is 0.161 e. The van der Waals surface area contributed by atoms with Crippen molar-refractivity contribution in [2.75, 3.05) is 46.0 Å². The van der Waals surface area contributed by atoms with Crippen molar-refractivity contribution in [1.29, 1.82) is 0 Å². The van der Waals surface area contributed by atoms with E-state index in [1.54, 1.807) is 0 Å². The van der Waals surface area contributed by atoms with Gasteiger partial charge in [0.05, 0.1) is 19.8 Å². The van der Waals surface area contributed by atoms with Crippen LogP contribution in [0.25, 0.3) is 0 Å². The summed E-state index contributed by atoms with van der Waals surface area (Å²) in [6, 6.07) is 16.4. The van der Waals surface area contributed by atoms with Gasteiger partial charge in [0.1, 0.15) is 6.61 Å². The number of rotatable bonds is 10. The SMILES string of the molecule is CCOc1cc(CNCCN2CCOCC2)ccc1OCc1ccccc1.Cl.Cl. The summed E-state index contributed by atoms with van der Waals surface area (Å²) in [7, 11) is 0. The van der Waals surface area contributed by atoms with E-state index in [1.807, 2.05) is 31.2 Å². The largest absolute Gasteiger partial charge is 0.490 e. The molecule has 1 aliphatic heterocycles. The molecule has 0 spiro atoms. The third kappa shape index (κ3) is 8.81. The van der Waals surface area contributed by atoms with Crippen molar-refractivity contribution in [1.82, 2.24) is 10.2 Å². The number of hydrogen-bond acceptors (Lipinski definition) is 5. The minimum absolute atomic E-state index is 0. The van der Waals surface area contributed by atoms with E-state index in [2.05, 4.69) is 34.5 Å². The first-order valence-electron chi connectivity index (χ1n) is 9.78. The normalized spacial score (nSPS) is 13.8. The summed E-state index contributed by atoms with van der Waals surface area (Å²) >= 11 is 0. The van der Waals surface area contributed by atoms with E-state index in [1.165, 1.54) is 5.56 Å². The summed E-state index contributed by atoms with van der Waals surface area (Å²) in [5.74, 6) is 1.60. The maximum absolute atomic E-state index is 5.97. The molecule has 7 heteroatoms. The number of morpholine rings is 1. The molecule has 0 aliphatic carbocycles. The average Bonchev–Trinajstić information content (AvgIpc) is 2.72. The van der Waals surface area contributed by atoms with Crippen LogP contribution in [0.15, 0.2) is 48.5 Å². The number of hydrogen-bond donors (Lipinski definition) is 1. The Bertz CT molecular complexity index is 683. The monoisotopic (exact) mass is 442 g/mol. The first kappa shape index (κ1) is 25.5. The Labute approximate surface area is 186 Å². The second-order valence-corrected chi connectivity index (χ2v) is 6.62. The van der Waals surface area contributed by atoms with E-state index in [9.17, 15) is 0 Å². The van der Waals surface area contributed by atoms with Gasteiger partial charge in [-0.05, 0) is 30.2 Å². The van der Waals surface area contributed by atoms with Crippen LogP contribution in [0.5, 0.6) is 11.5 Å². The molecule has 0 saturated carbocycles. The van der Waals surface area contributed by atoms with Gasteiger partial charge in [0.25, 0.3) is 0 Å². The van der Waals surface area contributed by atoms with Crippen molar-refractivity contribution < 1.29 is 14.2 Å². The molecular formula is C22H32Cl2N2O3. The summed E-state index contributed by atoms with van der Waals surface area (Å²) in [5.41, 5.74) is 2.35. The fraction of sp³-hybridized carbons (Fsp3) is 0.455. The highest BCUT2D eigenvalue weighted by Gasteiger charge is 2.10. The summed E-state index contributed by atoms with van der Waals surface area (Å²) in [6.45, 7) is 9.76. The summed E-state index contributed by atoms with van der Waals surface area (Å²) in [5, 5.41) is 3.52. The van der Waals surface area contributed by atoms with Gasteiger partial charge in [-0.2, -0.15) is 0 Å². The van der Waals surface area contributed by atoms with Crippen LogP contribution in [0.1, 0.15) is 18.1 Å². The van der Waals surface area contributed by atoms with E-state index < -0.39 is 0 Å². The van der Waals surface area contributed by atoms with Gasteiger partial charge in [-0.3, -0.25) is 4.90 Å². The number of benzene rings is 2. The quantitative estimate of drug-likeness (QED) is 0.564. The van der Waals surface area contributed by atoms with E-state index >= 15 is 0 Å². The van der Waals surface area contributed by atoms with Gasteiger partial charge in [0, 0.05) is 32.7 Å². The Kier molecular flexibility index (Phi) is 12.7. The third-order valence-corrected chi connectivity index (χ3v) is 4.58. The van der Waals surface area contributed by atoms with Crippen LogP contribution in [0.4, 0.5) is 0 Å². The lowest BCUT2D eigenvalue weighted by molar-refractivity contribution is 0.0384. The van der Waals surface area contributed by atoms with Crippen LogP contribution >= 0.6 is 24.8 Å². The topological polar surface area (TPSA) is 43.0 Å². The number of halogens is 2. The van der Waals surface area contributed by atoms with Crippen LogP contribution in [-0.4, -0.2) is 50.9 Å². The number of nitrogens with zero attached hydrogens (tertiary/aromatic N) is 1. The van der Waals surface area contributed by atoms with E-state index in [0.29, 0.717) is 13.2 Å². The molecule has 2 aromatic carbocycles. The molecule has 0 atom stereocenters. The molecule has 1 saturated heterocycles. The molecule has 0 radical (unpaired) electrons. The Morgan fingerprint density at radius 3 is 2.41 bits per heavy atom. The van der Waals surface area contributed by atoms with E-state index in [0.717, 1.165) is 63.0 Å². The van der Waals surface area contributed by atoms with Crippen LogP contribution in [0.2, 0.25) is 0 Å². The van der Waals surface area contributed by atoms with Crippen molar-refractivity contribution in [3.63, 3.8) is 0 Å². The van der Waals surface area contributed by atoms with Crippen LogP contribution in [0.3, 0.4) is 0 Å². The maximum Gasteiger partial charge on any atom is 0.161 e. The van der Waals surface area contributed by atoms with E-state index in [4.69, 9.17) is 14.2 Å². The zero-order valence-corrected chi connectivity index (χ0v) is 18.6. The first-order valence-corrected chi connectivity index (χ1v) is 9.78. The van der Waals surface area contributed by atoms with Crippen molar-refractivity contribution >= 4 is 24.8 Å². The molecule has 0 aromatic heterocycles. The Morgan fingerprint density at radius 2 is 1.69 bits per heavy atom. The molecule has 0 unspecified atom stereocenters. The summed E-state index contributed by atoms with van der Waals surface area (Å²) in [4.78, 5) is 2.43. The number of ether oxygens (including phenoxy) is 3. The lowest BCUT2D eigenvalue weighted by Crippen LogP contribution is -2.40. The van der Waals surface area contributed by atoms with Crippen molar-refractivity contribution in [3.8, 4) is 11.5 Å². The molecule has 2 aromatic rings. The summed E-state index contributed by atoms with van der Waals surface area (Å²) < 4.78 is 17.1. The predicted octanol–water partition coefficient (Wildman–Crippen LogP) is 3.93. The third-order valence-electron chi connectivity index (χ3n) is 4.58. The second-order valence-electron chi connectivity index (χ2n) is 6.62. The Balaban J connectivity index is 0.00000210. The minimum Gasteiger partial charge on any atom is -0.490 e. The molecule has 3 rings (SSSR count). The molecule has 1 aliphatic rings. The van der Waals surface area contributed by atoms with Gasteiger partial charge in [-0.25, -0.2) is 0 Å². The molecular weight excluding hydrogens is 411 g/mol. The van der Waals surface area contributed by atoms with Crippen molar-refractivity contribution in [3.05, 3.63) is 59.7 Å². The molecule has 29 heavy (non-hydrogen) atoms. The highest BCUT2D eigenvalue weighted by molar-refractivity contribution is 5.85. The average molecular weight is 443 g/mol. The fourth-order valence-electron chi connectivity index (χ4n) is 3.08. The minimum atomic E-state index is 0. The van der Waals surface area contributed by atoms with Gasteiger partial charge in [0.2, 0.25) is 0 Å². The van der Waals surface area contributed by atoms with Crippen molar-refractivity contribution in [2.45, 2.75) is 20.1 Å². The Morgan fingerprint density at radius 1 is 0.931 bits per heavy atom. The molecule has 1 fully saturated rings. The van der Waals surface area contributed by atoms with Gasteiger partial charge >= 0.3 is 0 Å². The molecule has 0 amide bonds. The maximum atomic E-state index is 5.97. The first-order chi connectivity index (χ1) is 13.3. The van der Waals surface area contributed by atoms with Gasteiger partial charge < -0.3 is 19.5 Å². The number of nitrogens with one attached hydrogen (secondary N) is 1. The molecule has 1 N–H and O–H groups in total. The Hall–Kier alpha value is -1.50. The molecule has 5 nitrogen and oxygen atoms in total. The lowest BCUT2D eigenvalue weighted by Gasteiger charge is -2.26. The highest BCUT2D eigenvalue weighted by atomic mass is 35.5. The van der Waals surface area contributed by atoms with E-state index in [-0.39, 0.29) is 24.8 Å². The van der Waals surface area contributed by atoms with Gasteiger partial charge in [0.15, 0.2) is 11.5 Å². The fourth-order valence-corrected chi connectivity index (χ4v) is 3.08. The van der Waals surface area contributed by atoms with Crippen molar-refractivity contribution in [2.24, 2.45) is 0 Å². The molecule has 0 bridgehead atoms. The summed E-state index contributed by atoms with van der Waals surface area (Å²) in [6.07, 6.45) is 0. The lowest BCUT2D eigenvalue weighted by atomic mass is 10.2. The van der Waals surface area contributed by atoms with Gasteiger partial charge in [-0.15, -0.1) is 24.8 Å². The molecule has 1 heterocycles. The zero-order chi connectivity index (χ0) is 18.7. The standard InChI is InChI=1S/C22H30N2O3.2ClH/c1-2-26-22-16-20(17-23-10-11-24-12-14-25-15-13-24)8-9-21(22)27-18-19-6-4-3-5-7-19;;/h3-9,16,23H,2,10-15,17-18H2,1H3;2*1H. The van der Waals surface area contributed by atoms with Crippen LogP contribution in [0, 0.1) is 0 Å². The highest BCUT2D eigenvalue weighted by Crippen LogP contribution is 2.29. The zero-order valence-electron chi connectivity index (χ0n) is 17.0. The predicted molar refractivity (Wildman–Crippen MR) is 122 cm³/mol. The second kappa shape index (κ2) is 14.5. The van der Waals surface area contributed by atoms with Gasteiger partial charge in [-0.1, -0.05) is 36.4 Å².